The summed E-state index contributed by atoms with van der Waals surface area (Å²) in [6.07, 6.45) is 0. The van der Waals surface area contributed by atoms with Gasteiger partial charge < -0.3 is 5.32 Å². The molecule has 2 aromatic carbocycles. The maximum Gasteiger partial charge on any atom is 0.137 e. The average Bonchev–Trinajstić information content (AvgIpc) is 2.45. The van der Waals surface area contributed by atoms with E-state index in [1.165, 1.54) is 11.6 Å². The minimum absolute atomic E-state index is 0.133. The Bertz CT molecular complexity index is 623. The van der Waals surface area contributed by atoms with Crippen molar-refractivity contribution < 1.29 is 8.78 Å². The molecule has 1 nitrogen and oxygen atoms in total. The van der Waals surface area contributed by atoms with Crippen molar-refractivity contribution in [3.05, 3.63) is 69.2 Å². The molecule has 0 radical (unpaired) electrons. The molecule has 0 saturated heterocycles. The quantitative estimate of drug-likeness (QED) is 0.748. The molecule has 1 atom stereocenters. The molecule has 0 bridgehead atoms. The molecule has 0 aromatic heterocycles. The fraction of sp³-hybridized carbons (Fsp3) is 0.294. The van der Waals surface area contributed by atoms with E-state index < -0.39 is 11.6 Å². The Kier molecular flexibility index (Phi) is 5.12. The van der Waals surface area contributed by atoms with Crippen LogP contribution in [0.3, 0.4) is 0 Å². The van der Waals surface area contributed by atoms with Crippen molar-refractivity contribution in [1.82, 2.24) is 5.32 Å². The lowest BCUT2D eigenvalue weighted by Crippen LogP contribution is -2.19. The van der Waals surface area contributed by atoms with Crippen LogP contribution in [-0.4, -0.2) is 7.05 Å². The topological polar surface area (TPSA) is 12.0 Å². The molecule has 0 heterocycles. The highest BCUT2D eigenvalue weighted by Crippen LogP contribution is 2.29. The summed E-state index contributed by atoms with van der Waals surface area (Å²) in [5.41, 5.74) is 2.43. The van der Waals surface area contributed by atoms with Gasteiger partial charge in [0, 0.05) is 5.56 Å². The van der Waals surface area contributed by atoms with E-state index in [0.29, 0.717) is 11.5 Å². The van der Waals surface area contributed by atoms with Crippen LogP contribution in [0.25, 0.3) is 0 Å². The monoisotopic (exact) mass is 353 g/mol. The van der Waals surface area contributed by atoms with Crippen LogP contribution in [0.2, 0.25) is 0 Å². The van der Waals surface area contributed by atoms with Gasteiger partial charge in [0.25, 0.3) is 0 Å². The van der Waals surface area contributed by atoms with E-state index in [-0.39, 0.29) is 10.5 Å². The lowest BCUT2D eigenvalue weighted by Gasteiger charge is -2.19. The molecule has 0 amide bonds. The summed E-state index contributed by atoms with van der Waals surface area (Å²) < 4.78 is 28.0. The third kappa shape index (κ3) is 3.50. The molecular formula is C17H18BrF2N. The lowest BCUT2D eigenvalue weighted by molar-refractivity contribution is 0.554. The molecule has 0 saturated carbocycles. The molecular weight excluding hydrogens is 336 g/mol. The first kappa shape index (κ1) is 16.1. The van der Waals surface area contributed by atoms with Crippen molar-refractivity contribution in [3.8, 4) is 0 Å². The third-order valence-corrected chi connectivity index (χ3v) is 4.18. The molecule has 21 heavy (non-hydrogen) atoms. The number of benzene rings is 2. The zero-order chi connectivity index (χ0) is 15.6. The van der Waals surface area contributed by atoms with E-state index in [4.69, 9.17) is 0 Å². The summed E-state index contributed by atoms with van der Waals surface area (Å²) in [6.45, 7) is 4.24. The average molecular weight is 354 g/mol. The Hall–Kier alpha value is -1.26. The molecule has 2 rings (SSSR count). The predicted octanol–water partition coefficient (Wildman–Crippen LogP) is 5.16. The van der Waals surface area contributed by atoms with Crippen LogP contribution in [0.4, 0.5) is 8.78 Å². The zero-order valence-corrected chi connectivity index (χ0v) is 13.8. The van der Waals surface area contributed by atoms with Gasteiger partial charge in [-0.2, -0.15) is 0 Å². The normalized spacial score (nSPS) is 12.7. The second-order valence-electron chi connectivity index (χ2n) is 5.33. The predicted molar refractivity (Wildman–Crippen MR) is 85.5 cm³/mol. The van der Waals surface area contributed by atoms with Gasteiger partial charge in [-0.05, 0) is 52.2 Å². The molecule has 1 unspecified atom stereocenters. The van der Waals surface area contributed by atoms with Crippen molar-refractivity contribution >= 4 is 15.9 Å². The summed E-state index contributed by atoms with van der Waals surface area (Å²) >= 11 is 3.00. The number of nitrogens with one attached hydrogen (secondary N) is 1. The molecule has 0 aliphatic heterocycles. The van der Waals surface area contributed by atoms with Crippen LogP contribution in [0.1, 0.15) is 42.5 Å². The maximum absolute atomic E-state index is 14.1. The van der Waals surface area contributed by atoms with Crippen molar-refractivity contribution in [3.63, 3.8) is 0 Å². The highest BCUT2D eigenvalue weighted by Gasteiger charge is 2.18. The smallest absolute Gasteiger partial charge is 0.137 e. The van der Waals surface area contributed by atoms with E-state index >= 15 is 0 Å². The molecule has 0 fully saturated rings. The fourth-order valence-electron chi connectivity index (χ4n) is 2.33. The van der Waals surface area contributed by atoms with Gasteiger partial charge in [-0.3, -0.25) is 0 Å². The summed E-state index contributed by atoms with van der Waals surface area (Å²) in [4.78, 5) is 0. The SMILES string of the molecule is CNC(c1ccc(C(C)C)cc1)c1cc(F)c(Br)cc1F. The van der Waals surface area contributed by atoms with Crippen LogP contribution < -0.4 is 5.32 Å². The Morgan fingerprint density at radius 1 is 0.952 bits per heavy atom. The minimum Gasteiger partial charge on any atom is -0.309 e. The van der Waals surface area contributed by atoms with Crippen LogP contribution >= 0.6 is 15.9 Å². The van der Waals surface area contributed by atoms with Gasteiger partial charge >= 0.3 is 0 Å². The number of hydrogen-bond donors (Lipinski definition) is 1. The Morgan fingerprint density at radius 2 is 1.52 bits per heavy atom. The van der Waals surface area contributed by atoms with Crippen LogP contribution in [0, 0.1) is 11.6 Å². The van der Waals surface area contributed by atoms with E-state index in [1.54, 1.807) is 7.05 Å². The fourth-order valence-corrected chi connectivity index (χ4v) is 2.65. The lowest BCUT2D eigenvalue weighted by atomic mass is 9.95. The molecule has 0 spiro atoms. The first-order chi connectivity index (χ1) is 9.93. The van der Waals surface area contributed by atoms with Gasteiger partial charge in [0.15, 0.2) is 0 Å². The Morgan fingerprint density at radius 3 is 2.05 bits per heavy atom. The van der Waals surface area contributed by atoms with E-state index in [0.717, 1.165) is 11.6 Å². The van der Waals surface area contributed by atoms with Crippen LogP contribution in [0.5, 0.6) is 0 Å². The van der Waals surface area contributed by atoms with Crippen LogP contribution in [-0.2, 0) is 0 Å². The van der Waals surface area contributed by atoms with E-state index in [9.17, 15) is 8.78 Å². The van der Waals surface area contributed by atoms with Gasteiger partial charge in [-0.25, -0.2) is 8.78 Å². The molecule has 2 aromatic rings. The maximum atomic E-state index is 14.1. The standard InChI is InChI=1S/C17H18BrF2N/c1-10(2)11-4-6-12(7-5-11)17(21-3)13-8-16(20)14(18)9-15(13)19/h4-10,17,21H,1-3H3. The second kappa shape index (κ2) is 6.67. The largest absolute Gasteiger partial charge is 0.309 e. The molecule has 1 N–H and O–H groups in total. The van der Waals surface area contributed by atoms with E-state index in [2.05, 4.69) is 35.1 Å². The number of halogens is 3. The van der Waals surface area contributed by atoms with E-state index in [1.807, 2.05) is 24.3 Å². The van der Waals surface area contributed by atoms with Gasteiger partial charge in [-0.1, -0.05) is 38.1 Å². The van der Waals surface area contributed by atoms with Gasteiger partial charge in [0.2, 0.25) is 0 Å². The third-order valence-electron chi connectivity index (χ3n) is 3.58. The molecule has 0 aliphatic carbocycles. The van der Waals surface area contributed by atoms with Gasteiger partial charge in [0.1, 0.15) is 11.6 Å². The summed E-state index contributed by atoms with van der Waals surface area (Å²) in [5.74, 6) is -0.463. The van der Waals surface area contributed by atoms with Crippen LogP contribution in [0.15, 0.2) is 40.9 Å². The summed E-state index contributed by atoms with van der Waals surface area (Å²) in [7, 11) is 1.74. The minimum atomic E-state index is -0.467. The highest BCUT2D eigenvalue weighted by molar-refractivity contribution is 9.10. The summed E-state index contributed by atoms with van der Waals surface area (Å²) in [6, 6.07) is 9.98. The molecule has 4 heteroatoms. The van der Waals surface area contributed by atoms with Crippen molar-refractivity contribution in [2.24, 2.45) is 0 Å². The van der Waals surface area contributed by atoms with Crippen molar-refractivity contribution in [2.45, 2.75) is 25.8 Å². The first-order valence-corrected chi connectivity index (χ1v) is 7.65. The molecule has 112 valence electrons. The van der Waals surface area contributed by atoms with Gasteiger partial charge in [0.05, 0.1) is 10.5 Å². The zero-order valence-electron chi connectivity index (χ0n) is 12.3. The van der Waals surface area contributed by atoms with Gasteiger partial charge in [-0.15, -0.1) is 0 Å². The number of rotatable bonds is 4. The summed E-state index contributed by atoms with van der Waals surface area (Å²) in [5, 5.41) is 3.05. The van der Waals surface area contributed by atoms with Crippen molar-refractivity contribution in [1.29, 1.82) is 0 Å². The molecule has 0 aliphatic rings. The second-order valence-corrected chi connectivity index (χ2v) is 6.19. The Labute approximate surface area is 132 Å². The highest BCUT2D eigenvalue weighted by atomic mass is 79.9. The first-order valence-electron chi connectivity index (χ1n) is 6.85. The number of hydrogen-bond acceptors (Lipinski definition) is 1. The Balaban J connectivity index is 2.42. The van der Waals surface area contributed by atoms with Crippen molar-refractivity contribution in [2.75, 3.05) is 7.05 Å².